The molecule has 3 rings (SSSR count). The van der Waals surface area contributed by atoms with Gasteiger partial charge in [0.1, 0.15) is 0 Å². The lowest BCUT2D eigenvalue weighted by molar-refractivity contribution is -0.134. The minimum absolute atomic E-state index is 0.0530. The molecule has 22 heavy (non-hydrogen) atoms. The van der Waals surface area contributed by atoms with Crippen molar-refractivity contribution in [2.45, 2.75) is 19.5 Å². The summed E-state index contributed by atoms with van der Waals surface area (Å²) < 4.78 is 1.65. The average molecular weight is 299 g/mol. The van der Waals surface area contributed by atoms with Gasteiger partial charge in [0, 0.05) is 26.6 Å². The second-order valence-electron chi connectivity index (χ2n) is 5.33. The number of benzene rings is 1. The maximum atomic E-state index is 12.0. The third-order valence-electron chi connectivity index (χ3n) is 3.72. The van der Waals surface area contributed by atoms with Gasteiger partial charge in [-0.15, -0.1) is 5.10 Å². The molecule has 2 aromatic rings. The van der Waals surface area contributed by atoms with Crippen LogP contribution in [0.5, 0.6) is 0 Å². The van der Waals surface area contributed by atoms with Gasteiger partial charge in [0.2, 0.25) is 5.91 Å². The Labute approximate surface area is 127 Å². The summed E-state index contributed by atoms with van der Waals surface area (Å²) in [4.78, 5) is 24.9. The molecule has 1 aliphatic heterocycles. The van der Waals surface area contributed by atoms with Crippen molar-refractivity contribution < 1.29 is 9.59 Å². The zero-order valence-electron chi connectivity index (χ0n) is 12.3. The molecule has 0 unspecified atom stereocenters. The van der Waals surface area contributed by atoms with Gasteiger partial charge in [-0.1, -0.05) is 35.5 Å². The molecule has 114 valence electrons. The largest absolute Gasteiger partial charge is 0.347 e. The highest BCUT2D eigenvalue weighted by Crippen LogP contribution is 2.19. The van der Waals surface area contributed by atoms with Crippen LogP contribution in [0.3, 0.4) is 0 Å². The molecule has 0 saturated carbocycles. The van der Waals surface area contributed by atoms with Crippen LogP contribution in [0.2, 0.25) is 0 Å². The van der Waals surface area contributed by atoms with Gasteiger partial charge in [-0.2, -0.15) is 0 Å². The summed E-state index contributed by atoms with van der Waals surface area (Å²) in [7, 11) is 0. The van der Waals surface area contributed by atoms with Crippen LogP contribution in [0.4, 0.5) is 0 Å². The van der Waals surface area contributed by atoms with E-state index < -0.39 is 0 Å². The summed E-state index contributed by atoms with van der Waals surface area (Å²) in [5.74, 6) is -0.199. The zero-order valence-corrected chi connectivity index (χ0v) is 12.3. The highest BCUT2D eigenvalue weighted by Gasteiger charge is 2.31. The van der Waals surface area contributed by atoms with E-state index in [2.05, 4.69) is 15.6 Å². The first kappa shape index (κ1) is 14.2. The van der Waals surface area contributed by atoms with Gasteiger partial charge in [0.25, 0.3) is 5.91 Å². The van der Waals surface area contributed by atoms with Gasteiger partial charge in [-0.05, 0) is 5.56 Å². The molecule has 1 aliphatic rings. The van der Waals surface area contributed by atoms with E-state index in [1.54, 1.807) is 22.7 Å². The van der Waals surface area contributed by atoms with Crippen molar-refractivity contribution in [2.24, 2.45) is 0 Å². The molecule has 0 atom stereocenters. The summed E-state index contributed by atoms with van der Waals surface area (Å²) in [6, 6.07) is 9.78. The Balaban J connectivity index is 1.55. The Hall–Kier alpha value is -2.70. The fourth-order valence-corrected chi connectivity index (χ4v) is 2.31. The SMILES string of the molecule is CC(=O)N1CC(n2cc(C(=O)NCc3ccccc3)nn2)C1. The third kappa shape index (κ3) is 2.98. The molecule has 0 bridgehead atoms. The molecule has 7 nitrogen and oxygen atoms in total. The molecule has 2 heterocycles. The Morgan fingerprint density at radius 3 is 2.68 bits per heavy atom. The molecule has 1 saturated heterocycles. The first-order chi connectivity index (χ1) is 10.6. The summed E-state index contributed by atoms with van der Waals surface area (Å²) in [6.07, 6.45) is 1.63. The lowest BCUT2D eigenvalue weighted by atomic mass is 10.1. The highest BCUT2D eigenvalue weighted by molar-refractivity contribution is 5.91. The predicted molar refractivity (Wildman–Crippen MR) is 78.9 cm³/mol. The van der Waals surface area contributed by atoms with Crippen molar-refractivity contribution in [1.29, 1.82) is 0 Å². The van der Waals surface area contributed by atoms with Gasteiger partial charge < -0.3 is 10.2 Å². The van der Waals surface area contributed by atoms with Gasteiger partial charge in [0.05, 0.1) is 12.2 Å². The zero-order chi connectivity index (χ0) is 15.5. The number of likely N-dealkylation sites (tertiary alicyclic amines) is 1. The maximum absolute atomic E-state index is 12.0. The van der Waals surface area contributed by atoms with Crippen LogP contribution in [0, 0.1) is 0 Å². The van der Waals surface area contributed by atoms with Crippen LogP contribution in [0.1, 0.15) is 29.0 Å². The van der Waals surface area contributed by atoms with Gasteiger partial charge >= 0.3 is 0 Å². The molecule has 2 amide bonds. The lowest BCUT2D eigenvalue weighted by Gasteiger charge is -2.38. The van der Waals surface area contributed by atoms with Crippen LogP contribution in [0.15, 0.2) is 36.5 Å². The third-order valence-corrected chi connectivity index (χ3v) is 3.72. The number of rotatable bonds is 4. The highest BCUT2D eigenvalue weighted by atomic mass is 16.2. The van der Waals surface area contributed by atoms with Crippen LogP contribution in [-0.2, 0) is 11.3 Å². The molecule has 1 fully saturated rings. The molecule has 1 aromatic heterocycles. The van der Waals surface area contributed by atoms with E-state index in [4.69, 9.17) is 0 Å². The molecule has 7 heteroatoms. The van der Waals surface area contributed by atoms with Crippen molar-refractivity contribution in [3.63, 3.8) is 0 Å². The number of carbonyl (C=O) groups excluding carboxylic acids is 2. The van der Waals surface area contributed by atoms with Crippen LogP contribution < -0.4 is 5.32 Å². The van der Waals surface area contributed by atoms with Crippen LogP contribution in [-0.4, -0.2) is 44.8 Å². The topological polar surface area (TPSA) is 80.1 Å². The Kier molecular flexibility index (Phi) is 3.86. The van der Waals surface area contributed by atoms with Crippen molar-refractivity contribution in [1.82, 2.24) is 25.2 Å². The summed E-state index contributed by atoms with van der Waals surface area (Å²) in [6.45, 7) is 3.22. The molecule has 1 N–H and O–H groups in total. The summed E-state index contributed by atoms with van der Waals surface area (Å²) in [5.41, 5.74) is 1.32. The van der Waals surface area contributed by atoms with E-state index in [0.717, 1.165) is 5.56 Å². The number of hydrogen-bond donors (Lipinski definition) is 1. The monoisotopic (exact) mass is 299 g/mol. The van der Waals surface area contributed by atoms with Gasteiger partial charge in [-0.25, -0.2) is 4.68 Å². The number of nitrogens with one attached hydrogen (secondary N) is 1. The first-order valence-electron chi connectivity index (χ1n) is 7.13. The van der Waals surface area contributed by atoms with Crippen molar-refractivity contribution in [3.8, 4) is 0 Å². The Morgan fingerprint density at radius 2 is 2.00 bits per heavy atom. The molecular weight excluding hydrogens is 282 g/mol. The maximum Gasteiger partial charge on any atom is 0.273 e. The number of carbonyl (C=O) groups is 2. The quantitative estimate of drug-likeness (QED) is 0.897. The average Bonchev–Trinajstić information content (AvgIpc) is 2.93. The standard InChI is InChI=1S/C15H17N5O2/c1-11(21)19-8-13(9-19)20-10-14(17-18-20)15(22)16-7-12-5-3-2-4-6-12/h2-6,10,13H,7-9H2,1H3,(H,16,22). The van der Waals surface area contributed by atoms with Gasteiger partial charge in [-0.3, -0.25) is 9.59 Å². The fourth-order valence-electron chi connectivity index (χ4n) is 2.31. The van der Waals surface area contributed by atoms with Crippen molar-refractivity contribution in [2.75, 3.05) is 13.1 Å². The second-order valence-corrected chi connectivity index (χ2v) is 5.33. The molecule has 0 aliphatic carbocycles. The Bertz CT molecular complexity index is 676. The molecule has 1 aromatic carbocycles. The molecule has 0 spiro atoms. The van der Waals surface area contributed by atoms with Crippen LogP contribution >= 0.6 is 0 Å². The minimum atomic E-state index is -0.252. The fraction of sp³-hybridized carbons (Fsp3) is 0.333. The number of hydrogen-bond acceptors (Lipinski definition) is 4. The lowest BCUT2D eigenvalue weighted by Crippen LogP contribution is -2.50. The summed E-state index contributed by atoms with van der Waals surface area (Å²) in [5, 5.41) is 10.7. The normalized spacial score (nSPS) is 14.5. The van der Waals surface area contributed by atoms with E-state index in [1.807, 2.05) is 30.3 Å². The Morgan fingerprint density at radius 1 is 1.27 bits per heavy atom. The van der Waals surface area contributed by atoms with Crippen LogP contribution in [0.25, 0.3) is 0 Å². The second kappa shape index (κ2) is 5.97. The molecular formula is C15H17N5O2. The number of nitrogens with zero attached hydrogens (tertiary/aromatic N) is 4. The van der Waals surface area contributed by atoms with E-state index >= 15 is 0 Å². The molecule has 0 radical (unpaired) electrons. The van der Waals surface area contributed by atoms with Crippen molar-refractivity contribution >= 4 is 11.8 Å². The minimum Gasteiger partial charge on any atom is -0.347 e. The number of amides is 2. The van der Waals surface area contributed by atoms with E-state index in [0.29, 0.717) is 19.6 Å². The summed E-state index contributed by atoms with van der Waals surface area (Å²) >= 11 is 0. The van der Waals surface area contributed by atoms with E-state index in [-0.39, 0.29) is 23.6 Å². The van der Waals surface area contributed by atoms with E-state index in [1.165, 1.54) is 0 Å². The predicted octanol–water partition coefficient (Wildman–Crippen LogP) is 0.611. The van der Waals surface area contributed by atoms with Crippen molar-refractivity contribution in [3.05, 3.63) is 47.8 Å². The smallest absolute Gasteiger partial charge is 0.273 e. The van der Waals surface area contributed by atoms with Gasteiger partial charge in [0.15, 0.2) is 5.69 Å². The first-order valence-corrected chi connectivity index (χ1v) is 7.13. The van der Waals surface area contributed by atoms with E-state index in [9.17, 15) is 9.59 Å². The number of aromatic nitrogens is 3.